The molecule has 0 heterocycles. The fourth-order valence-electron chi connectivity index (χ4n) is 11.6. The predicted octanol–water partition coefficient (Wildman–Crippen LogP) is 16.3. The third-order valence-corrected chi connectivity index (χ3v) is 14.2. The molecule has 0 atom stereocenters. The highest BCUT2D eigenvalue weighted by Crippen LogP contribution is 2.63. The lowest BCUT2D eigenvalue weighted by Gasteiger charge is -2.32. The zero-order chi connectivity index (χ0) is 40.5. The van der Waals surface area contributed by atoms with Crippen molar-refractivity contribution in [2.24, 2.45) is 0 Å². The summed E-state index contributed by atoms with van der Waals surface area (Å²) in [5, 5.41) is 7.71. The van der Waals surface area contributed by atoms with Crippen molar-refractivity contribution in [2.45, 2.75) is 5.41 Å². The number of hydrogen-bond donors (Lipinski definition) is 0. The molecule has 1 spiro atoms. The van der Waals surface area contributed by atoms with Gasteiger partial charge < -0.3 is 4.90 Å². The Morgan fingerprint density at radius 3 is 1.52 bits per heavy atom. The van der Waals surface area contributed by atoms with E-state index >= 15 is 0 Å². The van der Waals surface area contributed by atoms with Crippen molar-refractivity contribution in [1.29, 1.82) is 0 Å². The Bertz CT molecular complexity index is 3650. The van der Waals surface area contributed by atoms with Gasteiger partial charge >= 0.3 is 0 Å². The van der Waals surface area contributed by atoms with Gasteiger partial charge in [0.25, 0.3) is 0 Å². The maximum absolute atomic E-state index is 2.50. The van der Waals surface area contributed by atoms with Crippen molar-refractivity contribution < 1.29 is 0 Å². The smallest absolute Gasteiger partial charge is 0.0726 e. The molecular formula is C61H37N. The first-order valence-corrected chi connectivity index (χ1v) is 21.7. The van der Waals surface area contributed by atoms with Gasteiger partial charge in [0, 0.05) is 17.1 Å². The summed E-state index contributed by atoms with van der Waals surface area (Å²) >= 11 is 0. The first kappa shape index (κ1) is 33.8. The molecule has 3 aliphatic carbocycles. The van der Waals surface area contributed by atoms with Gasteiger partial charge in [-0.25, -0.2) is 0 Å². The van der Waals surface area contributed by atoms with Crippen LogP contribution in [0.5, 0.6) is 0 Å². The van der Waals surface area contributed by atoms with Gasteiger partial charge in [0.1, 0.15) is 0 Å². The molecule has 14 rings (SSSR count). The largest absolute Gasteiger partial charge is 0.310 e. The van der Waals surface area contributed by atoms with Crippen LogP contribution >= 0.6 is 0 Å². The molecule has 0 N–H and O–H groups in total. The second kappa shape index (κ2) is 12.5. The maximum Gasteiger partial charge on any atom is 0.0726 e. The Morgan fingerprint density at radius 2 is 0.774 bits per heavy atom. The molecule has 3 aliphatic rings. The van der Waals surface area contributed by atoms with E-state index in [1.54, 1.807) is 0 Å². The minimum absolute atomic E-state index is 0.437. The molecule has 0 saturated carbocycles. The second-order valence-electron chi connectivity index (χ2n) is 17.2. The van der Waals surface area contributed by atoms with Crippen LogP contribution in [0.1, 0.15) is 22.3 Å². The van der Waals surface area contributed by atoms with Crippen LogP contribution in [0.3, 0.4) is 0 Å². The van der Waals surface area contributed by atoms with Crippen LogP contribution in [-0.4, -0.2) is 0 Å². The Labute approximate surface area is 360 Å². The molecule has 0 saturated heterocycles. The van der Waals surface area contributed by atoms with Crippen LogP contribution in [0.25, 0.3) is 88.0 Å². The fourth-order valence-corrected chi connectivity index (χ4v) is 11.6. The van der Waals surface area contributed by atoms with Crippen molar-refractivity contribution in [3.63, 3.8) is 0 Å². The van der Waals surface area contributed by atoms with Crippen LogP contribution in [-0.2, 0) is 5.41 Å². The van der Waals surface area contributed by atoms with E-state index in [9.17, 15) is 0 Å². The molecule has 62 heavy (non-hydrogen) atoms. The fraction of sp³-hybridized carbons (Fsp3) is 0.0164. The predicted molar refractivity (Wildman–Crippen MR) is 260 cm³/mol. The Hall–Kier alpha value is -8.00. The Balaban J connectivity index is 0.999. The zero-order valence-electron chi connectivity index (χ0n) is 33.8. The highest BCUT2D eigenvalue weighted by molar-refractivity contribution is 6.16. The van der Waals surface area contributed by atoms with E-state index < -0.39 is 5.41 Å². The first-order valence-electron chi connectivity index (χ1n) is 21.7. The minimum Gasteiger partial charge on any atom is -0.310 e. The molecule has 1 heteroatoms. The zero-order valence-corrected chi connectivity index (χ0v) is 33.8. The number of rotatable bonds is 4. The van der Waals surface area contributed by atoms with Crippen LogP contribution in [0, 0.1) is 0 Å². The van der Waals surface area contributed by atoms with E-state index in [-0.39, 0.29) is 0 Å². The van der Waals surface area contributed by atoms with Gasteiger partial charge in [-0.2, -0.15) is 0 Å². The summed E-state index contributed by atoms with van der Waals surface area (Å²) < 4.78 is 0. The molecule has 1 nitrogen and oxygen atoms in total. The molecule has 11 aromatic rings. The van der Waals surface area contributed by atoms with Crippen molar-refractivity contribution in [2.75, 3.05) is 4.90 Å². The standard InChI is InChI=1S/C61H37N/c1-2-17-46-38(12-1)26-27-42-34-41(28-31-47(42)46)40-15-9-16-43(35-40)62(44-29-32-48-53-21-10-13-39-14-11-22-54(60(39)53)55(48)36-44)45-30-33-52-51-20-5-8-25-58(51)61(59(52)37-45)56-23-6-3-18-49(56)50-19-4-7-24-57(50)61/h1-37H. The van der Waals surface area contributed by atoms with Crippen LogP contribution in [0.2, 0.25) is 0 Å². The van der Waals surface area contributed by atoms with E-state index in [2.05, 4.69) is 229 Å². The first-order chi connectivity index (χ1) is 30.7. The lowest BCUT2D eigenvalue weighted by molar-refractivity contribution is 0.793. The highest BCUT2D eigenvalue weighted by Gasteiger charge is 2.51. The molecule has 0 unspecified atom stereocenters. The third kappa shape index (κ3) is 4.47. The van der Waals surface area contributed by atoms with Crippen LogP contribution < -0.4 is 4.90 Å². The lowest BCUT2D eigenvalue weighted by Crippen LogP contribution is -2.26. The van der Waals surface area contributed by atoms with E-state index in [4.69, 9.17) is 0 Å². The molecule has 0 radical (unpaired) electrons. The van der Waals surface area contributed by atoms with E-state index in [1.807, 2.05) is 0 Å². The summed E-state index contributed by atoms with van der Waals surface area (Å²) in [5.41, 5.74) is 21.1. The topological polar surface area (TPSA) is 3.24 Å². The van der Waals surface area contributed by atoms with Gasteiger partial charge in [0.05, 0.1) is 5.41 Å². The number of anilines is 3. The lowest BCUT2D eigenvalue weighted by atomic mass is 9.70. The molecule has 11 aromatic carbocycles. The molecule has 0 fully saturated rings. The monoisotopic (exact) mass is 783 g/mol. The molecular weight excluding hydrogens is 747 g/mol. The van der Waals surface area contributed by atoms with Gasteiger partial charge in [-0.15, -0.1) is 0 Å². The average molecular weight is 784 g/mol. The van der Waals surface area contributed by atoms with E-state index in [1.165, 1.54) is 110 Å². The number of nitrogens with zero attached hydrogens (tertiary/aromatic N) is 1. The quantitative estimate of drug-likeness (QED) is 0.161. The minimum atomic E-state index is -0.437. The number of fused-ring (bicyclic) bond motifs is 16. The van der Waals surface area contributed by atoms with Crippen molar-refractivity contribution in [3.8, 4) is 55.6 Å². The summed E-state index contributed by atoms with van der Waals surface area (Å²) in [7, 11) is 0. The van der Waals surface area contributed by atoms with Gasteiger partial charge in [-0.1, -0.05) is 182 Å². The SMILES string of the molecule is c1cc(-c2ccc3c(ccc4ccccc43)c2)cc(N(c2ccc3c(c2)-c2cccc4cccc-3c24)c2ccc3c(c2)C2(c4ccccc4-c4ccccc42)c2ccccc2-3)c1. The molecule has 0 aromatic heterocycles. The van der Waals surface area contributed by atoms with Gasteiger partial charge in [-0.05, 0) is 153 Å². The summed E-state index contributed by atoms with van der Waals surface area (Å²) in [6.45, 7) is 0. The normalized spacial score (nSPS) is 13.3. The van der Waals surface area contributed by atoms with E-state index in [0.717, 1.165) is 17.1 Å². The maximum atomic E-state index is 2.50. The Kier molecular flexibility index (Phi) is 6.82. The number of benzene rings is 11. The molecule has 286 valence electrons. The van der Waals surface area contributed by atoms with Crippen molar-refractivity contribution in [1.82, 2.24) is 0 Å². The van der Waals surface area contributed by atoms with E-state index in [0.29, 0.717) is 0 Å². The number of hydrogen-bond acceptors (Lipinski definition) is 1. The van der Waals surface area contributed by atoms with Gasteiger partial charge in [0.15, 0.2) is 0 Å². The van der Waals surface area contributed by atoms with Crippen molar-refractivity contribution in [3.05, 3.63) is 247 Å². The highest BCUT2D eigenvalue weighted by atomic mass is 15.1. The summed E-state index contributed by atoms with van der Waals surface area (Å²) in [6, 6.07) is 84.2. The third-order valence-electron chi connectivity index (χ3n) is 14.2. The summed E-state index contributed by atoms with van der Waals surface area (Å²) in [4.78, 5) is 2.49. The summed E-state index contributed by atoms with van der Waals surface area (Å²) in [5.74, 6) is 0. The van der Waals surface area contributed by atoms with Crippen LogP contribution in [0.15, 0.2) is 224 Å². The van der Waals surface area contributed by atoms with Gasteiger partial charge in [0.2, 0.25) is 0 Å². The molecule has 0 aliphatic heterocycles. The molecule has 0 bridgehead atoms. The molecule has 0 amide bonds. The van der Waals surface area contributed by atoms with Crippen LogP contribution in [0.4, 0.5) is 17.1 Å². The average Bonchev–Trinajstić information content (AvgIpc) is 3.94. The summed E-state index contributed by atoms with van der Waals surface area (Å²) in [6.07, 6.45) is 0. The Morgan fingerprint density at radius 1 is 0.258 bits per heavy atom. The van der Waals surface area contributed by atoms with Gasteiger partial charge in [-0.3, -0.25) is 0 Å². The second-order valence-corrected chi connectivity index (χ2v) is 17.2. The van der Waals surface area contributed by atoms with Crippen molar-refractivity contribution >= 4 is 49.4 Å².